The summed E-state index contributed by atoms with van der Waals surface area (Å²) in [6, 6.07) is -1.36. The molecular formula is C13H20N2O4. The molecule has 0 spiro atoms. The van der Waals surface area contributed by atoms with Gasteiger partial charge in [-0.25, -0.2) is 9.59 Å². The van der Waals surface area contributed by atoms with Gasteiger partial charge in [0.25, 0.3) is 0 Å². The second kappa shape index (κ2) is 7.00. The predicted molar refractivity (Wildman–Crippen MR) is 69.6 cm³/mol. The van der Waals surface area contributed by atoms with Gasteiger partial charge in [-0.05, 0) is 6.42 Å². The topological polar surface area (TPSA) is 78.9 Å². The molecule has 6 heteroatoms. The molecule has 0 saturated carbocycles. The SMILES string of the molecule is C#CCC(CC)NC(=O)N1CC(OC)CC1C(=O)O. The Morgan fingerprint density at radius 1 is 1.63 bits per heavy atom. The van der Waals surface area contributed by atoms with E-state index >= 15 is 0 Å². The standard InChI is InChI=1S/C13H20N2O4/c1-4-6-9(5-2)14-13(18)15-8-10(19-3)7-11(15)12(16)17/h1,9-11H,5-8H2,2-3H3,(H,14,18)(H,16,17). The van der Waals surface area contributed by atoms with E-state index in [9.17, 15) is 9.59 Å². The lowest BCUT2D eigenvalue weighted by molar-refractivity contribution is -0.141. The highest BCUT2D eigenvalue weighted by Gasteiger charge is 2.40. The highest BCUT2D eigenvalue weighted by atomic mass is 16.5. The fraction of sp³-hybridized carbons (Fsp3) is 0.692. The number of nitrogens with one attached hydrogen (secondary N) is 1. The minimum absolute atomic E-state index is 0.131. The number of nitrogens with zero attached hydrogens (tertiary/aromatic N) is 1. The van der Waals surface area contributed by atoms with E-state index in [0.717, 1.165) is 0 Å². The van der Waals surface area contributed by atoms with Crippen LogP contribution in [0, 0.1) is 12.3 Å². The van der Waals surface area contributed by atoms with Crippen molar-refractivity contribution in [2.45, 2.75) is 44.4 Å². The molecule has 3 atom stereocenters. The number of carboxylic acid groups (broad SMARTS) is 1. The van der Waals surface area contributed by atoms with E-state index in [0.29, 0.717) is 19.3 Å². The molecule has 3 unspecified atom stereocenters. The summed E-state index contributed by atoms with van der Waals surface area (Å²) < 4.78 is 5.13. The Morgan fingerprint density at radius 2 is 2.32 bits per heavy atom. The van der Waals surface area contributed by atoms with Gasteiger partial charge in [-0.15, -0.1) is 12.3 Å². The van der Waals surface area contributed by atoms with Gasteiger partial charge in [0.1, 0.15) is 6.04 Å². The average Bonchev–Trinajstić information content (AvgIpc) is 2.82. The first-order valence-electron chi connectivity index (χ1n) is 6.29. The van der Waals surface area contributed by atoms with Crippen LogP contribution in [0.2, 0.25) is 0 Å². The van der Waals surface area contributed by atoms with Crippen LogP contribution in [0.3, 0.4) is 0 Å². The zero-order chi connectivity index (χ0) is 14.4. The van der Waals surface area contributed by atoms with Crippen molar-refractivity contribution in [2.75, 3.05) is 13.7 Å². The molecule has 1 fully saturated rings. The van der Waals surface area contributed by atoms with E-state index in [1.165, 1.54) is 12.0 Å². The number of amides is 2. The average molecular weight is 268 g/mol. The molecule has 0 aromatic heterocycles. The zero-order valence-electron chi connectivity index (χ0n) is 11.3. The summed E-state index contributed by atoms with van der Waals surface area (Å²) >= 11 is 0. The molecule has 0 aromatic carbocycles. The summed E-state index contributed by atoms with van der Waals surface area (Å²) in [5.74, 6) is 1.48. The van der Waals surface area contributed by atoms with Gasteiger partial charge in [-0.1, -0.05) is 6.92 Å². The van der Waals surface area contributed by atoms with Crippen LogP contribution in [0.15, 0.2) is 0 Å². The molecule has 1 aliphatic rings. The molecule has 0 aromatic rings. The molecule has 2 amide bonds. The first-order valence-corrected chi connectivity index (χ1v) is 6.29. The third-order valence-electron chi connectivity index (χ3n) is 3.33. The second-order valence-electron chi connectivity index (χ2n) is 4.56. The number of rotatable bonds is 5. The lowest BCUT2D eigenvalue weighted by Crippen LogP contribution is -2.49. The maximum Gasteiger partial charge on any atom is 0.326 e. The van der Waals surface area contributed by atoms with Crippen LogP contribution in [-0.2, 0) is 9.53 Å². The van der Waals surface area contributed by atoms with Crippen molar-refractivity contribution in [3.63, 3.8) is 0 Å². The first kappa shape index (κ1) is 15.3. The third-order valence-corrected chi connectivity index (χ3v) is 3.33. The molecule has 6 nitrogen and oxygen atoms in total. The summed E-state index contributed by atoms with van der Waals surface area (Å²) in [5, 5.41) is 11.9. The highest BCUT2D eigenvalue weighted by molar-refractivity contribution is 5.83. The van der Waals surface area contributed by atoms with Crippen LogP contribution in [0.25, 0.3) is 0 Å². The van der Waals surface area contributed by atoms with E-state index in [-0.39, 0.29) is 18.7 Å². The number of hydrogen-bond donors (Lipinski definition) is 2. The Morgan fingerprint density at radius 3 is 2.79 bits per heavy atom. The van der Waals surface area contributed by atoms with Crippen LogP contribution in [0.5, 0.6) is 0 Å². The van der Waals surface area contributed by atoms with Crippen molar-refractivity contribution in [1.29, 1.82) is 0 Å². The molecule has 0 aliphatic carbocycles. The van der Waals surface area contributed by atoms with Crippen molar-refractivity contribution >= 4 is 12.0 Å². The summed E-state index contributed by atoms with van der Waals surface area (Å²) in [5.41, 5.74) is 0. The minimum atomic E-state index is -1.01. The molecule has 1 rings (SSSR count). The van der Waals surface area contributed by atoms with Crippen molar-refractivity contribution in [1.82, 2.24) is 10.2 Å². The zero-order valence-corrected chi connectivity index (χ0v) is 11.3. The van der Waals surface area contributed by atoms with Crippen molar-refractivity contribution < 1.29 is 19.4 Å². The number of likely N-dealkylation sites (tertiary alicyclic amines) is 1. The Hall–Kier alpha value is -1.74. The highest BCUT2D eigenvalue weighted by Crippen LogP contribution is 2.20. The van der Waals surface area contributed by atoms with Gasteiger partial charge in [0.15, 0.2) is 0 Å². The number of carbonyl (C=O) groups is 2. The molecule has 1 saturated heterocycles. The number of hydrogen-bond acceptors (Lipinski definition) is 3. The Kier molecular flexibility index (Phi) is 5.64. The van der Waals surface area contributed by atoms with Crippen molar-refractivity contribution in [2.24, 2.45) is 0 Å². The smallest absolute Gasteiger partial charge is 0.326 e. The minimum Gasteiger partial charge on any atom is -0.480 e. The largest absolute Gasteiger partial charge is 0.480 e. The second-order valence-corrected chi connectivity index (χ2v) is 4.56. The van der Waals surface area contributed by atoms with Crippen LogP contribution in [0.1, 0.15) is 26.2 Å². The fourth-order valence-corrected chi connectivity index (χ4v) is 2.12. The number of ether oxygens (including phenoxy) is 1. The Bertz CT molecular complexity index is 377. The maximum absolute atomic E-state index is 12.1. The Labute approximate surface area is 113 Å². The molecule has 0 radical (unpaired) electrons. The van der Waals surface area contributed by atoms with Gasteiger partial charge < -0.3 is 20.1 Å². The molecular weight excluding hydrogens is 248 g/mol. The maximum atomic E-state index is 12.1. The van der Waals surface area contributed by atoms with E-state index in [2.05, 4.69) is 11.2 Å². The molecule has 1 heterocycles. The van der Waals surface area contributed by atoms with Gasteiger partial charge in [-0.2, -0.15) is 0 Å². The van der Waals surface area contributed by atoms with E-state index in [1.54, 1.807) is 0 Å². The normalized spacial score (nSPS) is 23.7. The van der Waals surface area contributed by atoms with Gasteiger partial charge in [0, 0.05) is 32.5 Å². The summed E-state index contributed by atoms with van der Waals surface area (Å²) in [6.07, 6.45) is 6.43. The molecule has 2 N–H and O–H groups in total. The number of urea groups is 1. The Balaban J connectivity index is 2.68. The van der Waals surface area contributed by atoms with Gasteiger partial charge in [-0.3, -0.25) is 0 Å². The first-order chi connectivity index (χ1) is 9.03. The number of aliphatic carboxylic acids is 1. The number of carbonyl (C=O) groups excluding carboxylic acids is 1. The van der Waals surface area contributed by atoms with Gasteiger partial charge in [0.05, 0.1) is 6.10 Å². The molecule has 1 aliphatic heterocycles. The van der Waals surface area contributed by atoms with E-state index in [1.807, 2.05) is 6.92 Å². The number of methoxy groups -OCH3 is 1. The van der Waals surface area contributed by atoms with E-state index in [4.69, 9.17) is 16.3 Å². The van der Waals surface area contributed by atoms with Gasteiger partial charge in [0.2, 0.25) is 0 Å². The number of carboxylic acids is 1. The summed E-state index contributed by atoms with van der Waals surface area (Å²) in [4.78, 5) is 24.5. The van der Waals surface area contributed by atoms with Crippen LogP contribution < -0.4 is 5.32 Å². The predicted octanol–water partition coefficient (Wildman–Crippen LogP) is 0.672. The van der Waals surface area contributed by atoms with Crippen LogP contribution in [-0.4, -0.2) is 53.8 Å². The lowest BCUT2D eigenvalue weighted by atomic mass is 10.1. The summed E-state index contributed by atoms with van der Waals surface area (Å²) in [6.45, 7) is 2.20. The monoisotopic (exact) mass is 268 g/mol. The lowest BCUT2D eigenvalue weighted by Gasteiger charge is -2.24. The van der Waals surface area contributed by atoms with Crippen molar-refractivity contribution in [3.05, 3.63) is 0 Å². The quantitative estimate of drug-likeness (QED) is 0.718. The fourth-order valence-electron chi connectivity index (χ4n) is 2.12. The van der Waals surface area contributed by atoms with Gasteiger partial charge >= 0.3 is 12.0 Å². The van der Waals surface area contributed by atoms with Crippen LogP contribution in [0.4, 0.5) is 4.79 Å². The third kappa shape index (κ3) is 3.86. The summed E-state index contributed by atoms with van der Waals surface area (Å²) in [7, 11) is 1.51. The molecule has 19 heavy (non-hydrogen) atoms. The van der Waals surface area contributed by atoms with Crippen LogP contribution >= 0.6 is 0 Å². The van der Waals surface area contributed by atoms with E-state index < -0.39 is 18.0 Å². The van der Waals surface area contributed by atoms with Crippen molar-refractivity contribution in [3.8, 4) is 12.3 Å². The molecule has 0 bridgehead atoms. The number of terminal acetylenes is 1. The molecule has 106 valence electrons.